The second kappa shape index (κ2) is 9.37. The number of likely N-dealkylation sites (tertiary alicyclic amines) is 1. The summed E-state index contributed by atoms with van der Waals surface area (Å²) < 4.78 is 7.38. The molecule has 1 N–H and O–H groups in total. The highest BCUT2D eigenvalue weighted by Gasteiger charge is 2.35. The van der Waals surface area contributed by atoms with Gasteiger partial charge in [-0.2, -0.15) is 0 Å². The van der Waals surface area contributed by atoms with E-state index >= 15 is 0 Å². The van der Waals surface area contributed by atoms with E-state index in [0.29, 0.717) is 47.5 Å². The van der Waals surface area contributed by atoms with Crippen molar-refractivity contribution in [2.75, 3.05) is 25.0 Å². The molecular formula is C21H26Cl2N4O3. The lowest BCUT2D eigenvalue weighted by Gasteiger charge is -2.24. The van der Waals surface area contributed by atoms with Crippen LogP contribution in [0.5, 0.6) is 0 Å². The first-order valence-electron chi connectivity index (χ1n) is 9.95. The molecule has 0 spiro atoms. The minimum Gasteiger partial charge on any atom is -0.374 e. The van der Waals surface area contributed by atoms with Crippen molar-refractivity contribution in [2.45, 2.75) is 39.3 Å². The average molecular weight is 453 g/mol. The monoisotopic (exact) mass is 452 g/mol. The number of ether oxygens (including phenoxy) is 1. The summed E-state index contributed by atoms with van der Waals surface area (Å²) in [6.45, 7) is 7.00. The number of carbonyl (C=O) groups is 1. The molecule has 9 heteroatoms. The van der Waals surface area contributed by atoms with Gasteiger partial charge in [-0.15, -0.1) is 0 Å². The summed E-state index contributed by atoms with van der Waals surface area (Å²) in [4.78, 5) is 31.4. The topological polar surface area (TPSA) is 76.5 Å². The van der Waals surface area contributed by atoms with Gasteiger partial charge < -0.3 is 15.0 Å². The van der Waals surface area contributed by atoms with Crippen LogP contribution >= 0.6 is 23.2 Å². The van der Waals surface area contributed by atoms with Gasteiger partial charge in [-0.1, -0.05) is 30.1 Å². The summed E-state index contributed by atoms with van der Waals surface area (Å²) in [6.07, 6.45) is 0.445. The van der Waals surface area contributed by atoms with E-state index in [1.54, 1.807) is 41.6 Å². The van der Waals surface area contributed by atoms with Crippen LogP contribution in [0.1, 0.15) is 26.5 Å². The van der Waals surface area contributed by atoms with E-state index in [0.717, 1.165) is 5.69 Å². The van der Waals surface area contributed by atoms with Gasteiger partial charge in [0.05, 0.1) is 22.9 Å². The maximum atomic E-state index is 13.1. The first-order chi connectivity index (χ1) is 14.3. The van der Waals surface area contributed by atoms with Crippen molar-refractivity contribution >= 4 is 34.9 Å². The lowest BCUT2D eigenvalue weighted by atomic mass is 10.1. The fourth-order valence-electron chi connectivity index (χ4n) is 3.70. The molecule has 1 aromatic carbocycles. The van der Waals surface area contributed by atoms with E-state index in [-0.39, 0.29) is 29.3 Å². The molecule has 162 valence electrons. The lowest BCUT2D eigenvalue weighted by Crippen LogP contribution is -2.37. The smallest absolute Gasteiger partial charge is 0.278 e. The van der Waals surface area contributed by atoms with Crippen molar-refractivity contribution < 1.29 is 9.53 Å². The number of amides is 1. The number of anilines is 1. The molecule has 0 saturated carbocycles. The molecule has 2 aromatic rings. The molecule has 1 aromatic heterocycles. The molecule has 2 heterocycles. The summed E-state index contributed by atoms with van der Waals surface area (Å²) in [5.41, 5.74) is 1.28. The largest absolute Gasteiger partial charge is 0.374 e. The van der Waals surface area contributed by atoms with Crippen LogP contribution in [0.15, 0.2) is 23.0 Å². The van der Waals surface area contributed by atoms with Gasteiger partial charge in [-0.25, -0.2) is 4.98 Å². The second-order valence-corrected chi connectivity index (χ2v) is 8.11. The van der Waals surface area contributed by atoms with Gasteiger partial charge in [0.2, 0.25) is 5.91 Å². The minimum absolute atomic E-state index is 0.000500. The van der Waals surface area contributed by atoms with Gasteiger partial charge in [-0.3, -0.25) is 14.2 Å². The molecule has 1 amide bonds. The number of benzene rings is 1. The second-order valence-electron chi connectivity index (χ2n) is 7.27. The van der Waals surface area contributed by atoms with Gasteiger partial charge in [0.25, 0.3) is 5.56 Å². The summed E-state index contributed by atoms with van der Waals surface area (Å²) in [6, 6.07) is 4.84. The van der Waals surface area contributed by atoms with Crippen LogP contribution < -0.4 is 10.9 Å². The molecule has 0 radical (unpaired) electrons. The van der Waals surface area contributed by atoms with Gasteiger partial charge in [-0.05, 0) is 31.5 Å². The number of halogens is 2. The lowest BCUT2D eigenvalue weighted by molar-refractivity contribution is -0.128. The van der Waals surface area contributed by atoms with Crippen LogP contribution in [0.3, 0.4) is 0 Å². The summed E-state index contributed by atoms with van der Waals surface area (Å²) in [5, 5.41) is 4.29. The number of aryl methyl sites for hydroxylation is 1. The van der Waals surface area contributed by atoms with Crippen LogP contribution in [0, 0.1) is 0 Å². The number of hydrogen-bond acceptors (Lipinski definition) is 5. The Kier molecular flexibility index (Phi) is 7.06. The highest BCUT2D eigenvalue weighted by Crippen LogP contribution is 2.29. The van der Waals surface area contributed by atoms with Crippen molar-refractivity contribution in [1.82, 2.24) is 14.5 Å². The molecular weight excluding hydrogens is 427 g/mol. The number of hydrogen-bond donors (Lipinski definition) is 1. The summed E-state index contributed by atoms with van der Waals surface area (Å²) in [5.74, 6) is 0.621. The van der Waals surface area contributed by atoms with E-state index < -0.39 is 0 Å². The fraction of sp³-hybridized carbons (Fsp3) is 0.476. The minimum atomic E-state index is -0.270. The quantitative estimate of drug-likeness (QED) is 0.726. The number of nitrogens with one attached hydrogen (secondary N) is 1. The molecule has 2 atom stereocenters. The maximum absolute atomic E-state index is 13.1. The first kappa shape index (κ1) is 22.6. The SMILES string of the molecule is CCO[C@H]1CN(C(C)=O)CC1Nc1c(CC)nc(-c2ccc(Cl)cc2Cl)c(=O)n1C. The highest BCUT2D eigenvalue weighted by molar-refractivity contribution is 6.36. The predicted molar refractivity (Wildman–Crippen MR) is 119 cm³/mol. The maximum Gasteiger partial charge on any atom is 0.278 e. The Bertz CT molecular complexity index is 1010. The van der Waals surface area contributed by atoms with Crippen LogP contribution in [0.2, 0.25) is 10.0 Å². The molecule has 1 fully saturated rings. The number of aromatic nitrogens is 2. The Morgan fingerprint density at radius 3 is 2.63 bits per heavy atom. The molecule has 7 nitrogen and oxygen atoms in total. The van der Waals surface area contributed by atoms with Crippen molar-refractivity contribution in [3.05, 3.63) is 44.3 Å². The standard InChI is InChI=1S/C21H26Cl2N4O3/c1-5-16-20(25-17-10-27(12(3)28)11-18(17)30-6-2)26(4)21(29)19(24-16)14-8-7-13(22)9-15(14)23/h7-9,17-18,25H,5-6,10-11H2,1-4H3/t17?,18-/m0/s1. The van der Waals surface area contributed by atoms with E-state index in [2.05, 4.69) is 10.3 Å². The normalized spacial score (nSPS) is 18.7. The zero-order chi connectivity index (χ0) is 22.0. The van der Waals surface area contributed by atoms with Crippen molar-refractivity contribution in [3.8, 4) is 11.3 Å². The Balaban J connectivity index is 2.01. The van der Waals surface area contributed by atoms with Crippen LogP contribution in [0.4, 0.5) is 5.82 Å². The molecule has 1 aliphatic heterocycles. The first-order valence-corrected chi connectivity index (χ1v) is 10.7. The van der Waals surface area contributed by atoms with Crippen LogP contribution in [-0.2, 0) is 23.0 Å². The van der Waals surface area contributed by atoms with E-state index in [4.69, 9.17) is 27.9 Å². The van der Waals surface area contributed by atoms with Crippen molar-refractivity contribution in [2.24, 2.45) is 7.05 Å². The fourth-order valence-corrected chi connectivity index (χ4v) is 4.20. The molecule has 0 aliphatic carbocycles. The molecule has 3 rings (SSSR count). The van der Waals surface area contributed by atoms with E-state index in [1.165, 1.54) is 0 Å². The van der Waals surface area contributed by atoms with Gasteiger partial charge in [0, 0.05) is 44.3 Å². The zero-order valence-corrected chi connectivity index (χ0v) is 19.0. The number of nitrogens with zero attached hydrogens (tertiary/aromatic N) is 3. The Hall–Kier alpha value is -2.09. The zero-order valence-electron chi connectivity index (χ0n) is 17.5. The summed E-state index contributed by atoms with van der Waals surface area (Å²) in [7, 11) is 1.70. The summed E-state index contributed by atoms with van der Waals surface area (Å²) >= 11 is 12.3. The number of rotatable bonds is 6. The highest BCUT2D eigenvalue weighted by atomic mass is 35.5. The van der Waals surface area contributed by atoms with Crippen LogP contribution in [-0.4, -0.2) is 52.2 Å². The average Bonchev–Trinajstić information content (AvgIpc) is 3.10. The third-order valence-corrected chi connectivity index (χ3v) is 5.85. The molecule has 0 bridgehead atoms. The van der Waals surface area contributed by atoms with Gasteiger partial charge in [0.1, 0.15) is 11.5 Å². The van der Waals surface area contributed by atoms with E-state index in [9.17, 15) is 9.59 Å². The van der Waals surface area contributed by atoms with Crippen molar-refractivity contribution in [1.29, 1.82) is 0 Å². The van der Waals surface area contributed by atoms with Crippen molar-refractivity contribution in [3.63, 3.8) is 0 Å². The van der Waals surface area contributed by atoms with Gasteiger partial charge >= 0.3 is 0 Å². The van der Waals surface area contributed by atoms with Gasteiger partial charge in [0.15, 0.2) is 0 Å². The Morgan fingerprint density at radius 1 is 1.30 bits per heavy atom. The van der Waals surface area contributed by atoms with E-state index in [1.807, 2.05) is 13.8 Å². The Labute approximate surface area is 185 Å². The third-order valence-electron chi connectivity index (χ3n) is 5.30. The molecule has 1 saturated heterocycles. The molecule has 30 heavy (non-hydrogen) atoms. The number of carbonyl (C=O) groups excluding carboxylic acids is 1. The Morgan fingerprint density at radius 2 is 2.03 bits per heavy atom. The van der Waals surface area contributed by atoms with Crippen LogP contribution in [0.25, 0.3) is 11.3 Å². The molecule has 1 unspecified atom stereocenters. The molecule has 1 aliphatic rings. The predicted octanol–water partition coefficient (Wildman–Crippen LogP) is 3.36. The third kappa shape index (κ3) is 4.48.